The molecule has 1 aliphatic carbocycles. The van der Waals surface area contributed by atoms with Gasteiger partial charge < -0.3 is 9.84 Å². The molecule has 1 N–H and O–H groups in total. The van der Waals surface area contributed by atoms with E-state index in [4.69, 9.17) is 4.52 Å². The normalized spacial score (nSPS) is 25.2. The van der Waals surface area contributed by atoms with Gasteiger partial charge in [0, 0.05) is 19.0 Å². The maximum absolute atomic E-state index is 5.01. The first kappa shape index (κ1) is 14.5. The van der Waals surface area contributed by atoms with E-state index in [9.17, 15) is 0 Å². The van der Waals surface area contributed by atoms with Gasteiger partial charge in [0.05, 0.1) is 0 Å². The highest BCUT2D eigenvalue weighted by Crippen LogP contribution is 2.36. The second-order valence-corrected chi connectivity index (χ2v) is 6.81. The minimum absolute atomic E-state index is 0.457. The molecule has 1 saturated carbocycles. The number of nitrogens with zero attached hydrogens (tertiary/aromatic N) is 2. The van der Waals surface area contributed by atoms with Gasteiger partial charge in [-0.1, -0.05) is 32.3 Å². The van der Waals surface area contributed by atoms with Crippen molar-refractivity contribution in [2.75, 3.05) is 6.54 Å². The molecular formula is C15H27N3O. The van der Waals surface area contributed by atoms with Crippen molar-refractivity contribution in [3.8, 4) is 0 Å². The second-order valence-electron chi connectivity index (χ2n) is 6.81. The van der Waals surface area contributed by atoms with E-state index in [1.54, 1.807) is 0 Å². The zero-order chi connectivity index (χ0) is 13.7. The summed E-state index contributed by atoms with van der Waals surface area (Å²) >= 11 is 0. The molecule has 0 spiro atoms. The summed E-state index contributed by atoms with van der Waals surface area (Å²) in [6.07, 6.45) is 8.98. The van der Waals surface area contributed by atoms with E-state index >= 15 is 0 Å². The summed E-state index contributed by atoms with van der Waals surface area (Å²) < 4.78 is 5.01. The molecule has 0 aliphatic heterocycles. The summed E-state index contributed by atoms with van der Waals surface area (Å²) in [7, 11) is 0. The molecule has 0 bridgehead atoms. The first-order valence-electron chi connectivity index (χ1n) is 7.54. The van der Waals surface area contributed by atoms with Crippen molar-refractivity contribution in [2.24, 2.45) is 11.3 Å². The Morgan fingerprint density at radius 3 is 2.79 bits per heavy atom. The van der Waals surface area contributed by atoms with Crippen LogP contribution in [0, 0.1) is 11.3 Å². The van der Waals surface area contributed by atoms with Crippen LogP contribution in [0.3, 0.4) is 0 Å². The Labute approximate surface area is 116 Å². The van der Waals surface area contributed by atoms with Crippen molar-refractivity contribution < 1.29 is 4.52 Å². The Balaban J connectivity index is 1.71. The third-order valence-corrected chi connectivity index (χ3v) is 4.37. The van der Waals surface area contributed by atoms with Crippen LogP contribution >= 0.6 is 0 Å². The fourth-order valence-electron chi connectivity index (χ4n) is 3.06. The lowest BCUT2D eigenvalue weighted by Crippen LogP contribution is -2.30. The molecule has 108 valence electrons. The van der Waals surface area contributed by atoms with Crippen LogP contribution < -0.4 is 5.32 Å². The molecule has 4 heteroatoms. The lowest BCUT2D eigenvalue weighted by atomic mass is 9.76. The summed E-state index contributed by atoms with van der Waals surface area (Å²) in [5.41, 5.74) is 0.457. The summed E-state index contributed by atoms with van der Waals surface area (Å²) in [6, 6.07) is 0.662. The standard InChI is InChI=1S/C15H27N3O/c1-15(2,3)12-5-4-6-13(8-7-12)16-10-9-14-17-11-18-19-14/h11-13,16H,4-10H2,1-3H3. The van der Waals surface area contributed by atoms with Crippen LogP contribution in [0.5, 0.6) is 0 Å². The molecule has 0 radical (unpaired) electrons. The molecule has 0 saturated heterocycles. The molecule has 0 aromatic carbocycles. The molecule has 4 nitrogen and oxygen atoms in total. The number of hydrogen-bond acceptors (Lipinski definition) is 4. The average Bonchev–Trinajstić information content (AvgIpc) is 2.72. The Hall–Kier alpha value is -0.900. The fraction of sp³-hybridized carbons (Fsp3) is 0.867. The topological polar surface area (TPSA) is 51.0 Å². The molecule has 2 rings (SSSR count). The van der Waals surface area contributed by atoms with Crippen LogP contribution in [0.1, 0.15) is 58.8 Å². The molecule has 1 aliphatic rings. The van der Waals surface area contributed by atoms with Crippen molar-refractivity contribution in [1.29, 1.82) is 0 Å². The zero-order valence-electron chi connectivity index (χ0n) is 12.5. The van der Waals surface area contributed by atoms with Gasteiger partial charge in [-0.15, -0.1) is 0 Å². The van der Waals surface area contributed by atoms with E-state index in [0.29, 0.717) is 11.5 Å². The molecule has 1 aromatic rings. The lowest BCUT2D eigenvalue weighted by Gasteiger charge is -2.29. The Bertz CT molecular complexity index is 356. The summed E-state index contributed by atoms with van der Waals surface area (Å²) in [6.45, 7) is 8.07. The van der Waals surface area contributed by atoms with E-state index in [-0.39, 0.29) is 0 Å². The minimum Gasteiger partial charge on any atom is -0.340 e. The smallest absolute Gasteiger partial charge is 0.227 e. The van der Waals surface area contributed by atoms with Crippen molar-refractivity contribution in [3.63, 3.8) is 0 Å². The minimum atomic E-state index is 0.457. The number of aromatic nitrogens is 2. The Morgan fingerprint density at radius 2 is 2.11 bits per heavy atom. The van der Waals surface area contributed by atoms with Crippen molar-refractivity contribution >= 4 is 0 Å². The molecule has 19 heavy (non-hydrogen) atoms. The predicted octanol–water partition coefficient (Wildman–Crippen LogP) is 3.20. The molecular weight excluding hydrogens is 238 g/mol. The van der Waals surface area contributed by atoms with Crippen LogP contribution in [0.2, 0.25) is 0 Å². The average molecular weight is 265 g/mol. The van der Waals surface area contributed by atoms with Crippen molar-refractivity contribution in [1.82, 2.24) is 15.5 Å². The second kappa shape index (κ2) is 6.51. The van der Waals surface area contributed by atoms with Gasteiger partial charge in [-0.3, -0.25) is 0 Å². The van der Waals surface area contributed by atoms with Crippen molar-refractivity contribution in [2.45, 2.75) is 65.3 Å². The van der Waals surface area contributed by atoms with Gasteiger partial charge in [0.1, 0.15) is 0 Å². The fourth-order valence-corrected chi connectivity index (χ4v) is 3.06. The van der Waals surface area contributed by atoms with Crippen LogP contribution in [-0.4, -0.2) is 22.7 Å². The number of hydrogen-bond donors (Lipinski definition) is 1. The van der Waals surface area contributed by atoms with Gasteiger partial charge in [0.25, 0.3) is 0 Å². The summed E-state index contributed by atoms with van der Waals surface area (Å²) in [5.74, 6) is 1.60. The first-order valence-corrected chi connectivity index (χ1v) is 7.54. The quantitative estimate of drug-likeness (QED) is 0.849. The van der Waals surface area contributed by atoms with E-state index in [1.165, 1.54) is 38.4 Å². The number of nitrogens with one attached hydrogen (secondary N) is 1. The lowest BCUT2D eigenvalue weighted by molar-refractivity contribution is 0.213. The predicted molar refractivity (Wildman–Crippen MR) is 75.8 cm³/mol. The maximum Gasteiger partial charge on any atom is 0.227 e. The van der Waals surface area contributed by atoms with Crippen LogP contribution in [0.25, 0.3) is 0 Å². The molecule has 1 aromatic heterocycles. The van der Waals surface area contributed by atoms with Crippen LogP contribution in [0.4, 0.5) is 0 Å². The van der Waals surface area contributed by atoms with Crippen LogP contribution in [-0.2, 0) is 6.42 Å². The summed E-state index contributed by atoms with van der Waals surface area (Å²) in [4.78, 5) is 4.04. The van der Waals surface area contributed by atoms with Gasteiger partial charge in [0.2, 0.25) is 5.89 Å². The largest absolute Gasteiger partial charge is 0.340 e. The van der Waals surface area contributed by atoms with Crippen molar-refractivity contribution in [3.05, 3.63) is 12.2 Å². The highest BCUT2D eigenvalue weighted by molar-refractivity contribution is 4.82. The van der Waals surface area contributed by atoms with Crippen LogP contribution in [0.15, 0.2) is 10.9 Å². The summed E-state index contributed by atoms with van der Waals surface area (Å²) in [5, 5.41) is 7.27. The van der Waals surface area contributed by atoms with E-state index in [2.05, 4.69) is 36.2 Å². The monoisotopic (exact) mass is 265 g/mol. The van der Waals surface area contributed by atoms with E-state index < -0.39 is 0 Å². The van der Waals surface area contributed by atoms with Gasteiger partial charge in [-0.05, 0) is 37.0 Å². The van der Waals surface area contributed by atoms with Gasteiger partial charge in [-0.2, -0.15) is 4.98 Å². The zero-order valence-corrected chi connectivity index (χ0v) is 12.5. The highest BCUT2D eigenvalue weighted by atomic mass is 16.5. The maximum atomic E-state index is 5.01. The number of rotatable bonds is 4. The molecule has 0 amide bonds. The molecule has 1 fully saturated rings. The first-order chi connectivity index (χ1) is 9.05. The third-order valence-electron chi connectivity index (χ3n) is 4.37. The van der Waals surface area contributed by atoms with E-state index in [1.807, 2.05) is 0 Å². The van der Waals surface area contributed by atoms with E-state index in [0.717, 1.165) is 24.8 Å². The molecule has 1 heterocycles. The molecule has 2 atom stereocenters. The Kier molecular flexibility index (Phi) is 4.97. The van der Waals surface area contributed by atoms with Gasteiger partial charge in [0.15, 0.2) is 6.33 Å². The SMILES string of the molecule is CC(C)(C)C1CCCC(NCCc2ncno2)CC1. The van der Waals surface area contributed by atoms with Gasteiger partial charge in [-0.25, -0.2) is 0 Å². The Morgan fingerprint density at radius 1 is 1.26 bits per heavy atom. The van der Waals surface area contributed by atoms with Gasteiger partial charge >= 0.3 is 0 Å². The third kappa shape index (κ3) is 4.60. The highest BCUT2D eigenvalue weighted by Gasteiger charge is 2.27. The molecule has 2 unspecified atom stereocenters.